The van der Waals surface area contributed by atoms with Gasteiger partial charge in [-0.05, 0) is 62.4 Å². The van der Waals surface area contributed by atoms with Crippen LogP contribution >= 0.6 is 0 Å². The minimum atomic E-state index is 0.190. The smallest absolute Gasteiger partial charge is 0.253 e. The van der Waals surface area contributed by atoms with Crippen LogP contribution in [0.3, 0.4) is 0 Å². The number of rotatable bonds is 7. The lowest BCUT2D eigenvalue weighted by molar-refractivity contribution is 0.0737. The number of hydrogen-bond donors (Lipinski definition) is 0. The summed E-state index contributed by atoms with van der Waals surface area (Å²) in [6.07, 6.45) is 4.67. The molecule has 3 fully saturated rings. The van der Waals surface area contributed by atoms with Gasteiger partial charge < -0.3 is 9.64 Å². The zero-order chi connectivity index (χ0) is 19.2. The summed E-state index contributed by atoms with van der Waals surface area (Å²) in [5, 5.41) is 0. The quantitative estimate of drug-likeness (QED) is 0.681. The van der Waals surface area contributed by atoms with Crippen molar-refractivity contribution in [3.05, 3.63) is 66.2 Å². The predicted molar refractivity (Wildman–Crippen MR) is 112 cm³/mol. The molecule has 2 aromatic carbocycles. The fraction of sp³-hybridized carbons (Fsp3) is 0.458. The molecule has 148 valence electrons. The van der Waals surface area contributed by atoms with Crippen molar-refractivity contribution in [1.82, 2.24) is 9.80 Å². The van der Waals surface area contributed by atoms with Crippen molar-refractivity contribution in [2.24, 2.45) is 5.92 Å². The van der Waals surface area contributed by atoms with Crippen molar-refractivity contribution in [1.29, 1.82) is 0 Å². The first-order chi connectivity index (χ1) is 13.8. The van der Waals surface area contributed by atoms with Crippen LogP contribution in [0.15, 0.2) is 60.7 Å². The Morgan fingerprint density at radius 2 is 1.64 bits per heavy atom. The third-order valence-corrected chi connectivity index (χ3v) is 5.99. The van der Waals surface area contributed by atoms with E-state index in [1.54, 1.807) is 0 Å². The molecule has 0 aromatic heterocycles. The van der Waals surface area contributed by atoms with Crippen LogP contribution in [0.1, 0.15) is 36.0 Å². The molecule has 0 unspecified atom stereocenters. The second-order valence-electron chi connectivity index (χ2n) is 8.04. The van der Waals surface area contributed by atoms with Crippen molar-refractivity contribution in [2.75, 3.05) is 32.8 Å². The van der Waals surface area contributed by atoms with E-state index in [0.29, 0.717) is 12.0 Å². The summed E-state index contributed by atoms with van der Waals surface area (Å²) in [4.78, 5) is 17.6. The first kappa shape index (κ1) is 19.0. The van der Waals surface area contributed by atoms with Crippen LogP contribution in [-0.4, -0.2) is 54.5 Å². The maximum Gasteiger partial charge on any atom is 0.253 e. The summed E-state index contributed by atoms with van der Waals surface area (Å²) in [6, 6.07) is 20.3. The van der Waals surface area contributed by atoms with Gasteiger partial charge in [-0.1, -0.05) is 36.4 Å². The van der Waals surface area contributed by atoms with E-state index in [4.69, 9.17) is 4.74 Å². The highest BCUT2D eigenvalue weighted by atomic mass is 16.5. The minimum absolute atomic E-state index is 0.190. The van der Waals surface area contributed by atoms with Gasteiger partial charge in [-0.3, -0.25) is 9.69 Å². The molecule has 0 aliphatic carbocycles. The van der Waals surface area contributed by atoms with E-state index in [9.17, 15) is 4.79 Å². The summed E-state index contributed by atoms with van der Waals surface area (Å²) >= 11 is 0. The number of amides is 1. The van der Waals surface area contributed by atoms with Gasteiger partial charge in [0, 0.05) is 31.2 Å². The average molecular weight is 379 g/mol. The van der Waals surface area contributed by atoms with E-state index in [1.165, 1.54) is 12.8 Å². The molecule has 5 rings (SSSR count). The third kappa shape index (κ3) is 4.74. The average Bonchev–Trinajstić information content (AvgIpc) is 3.06. The molecule has 2 aromatic rings. The van der Waals surface area contributed by atoms with Gasteiger partial charge in [0.2, 0.25) is 0 Å². The molecule has 3 saturated heterocycles. The molecule has 0 N–H and O–H groups in total. The first-order valence-corrected chi connectivity index (χ1v) is 10.6. The number of benzene rings is 2. The van der Waals surface area contributed by atoms with Gasteiger partial charge in [-0.15, -0.1) is 0 Å². The highest BCUT2D eigenvalue weighted by molar-refractivity contribution is 5.94. The van der Waals surface area contributed by atoms with E-state index in [2.05, 4.69) is 9.80 Å². The predicted octanol–water partition coefficient (Wildman–Crippen LogP) is 4.08. The number of hydrogen-bond acceptors (Lipinski definition) is 3. The largest absolute Gasteiger partial charge is 0.494 e. The summed E-state index contributed by atoms with van der Waals surface area (Å²) < 4.78 is 5.81. The number of fused-ring (bicyclic) bond motifs is 4. The van der Waals surface area contributed by atoms with Gasteiger partial charge in [0.05, 0.1) is 6.61 Å². The second kappa shape index (κ2) is 9.24. The molecule has 0 spiro atoms. The Morgan fingerprint density at radius 3 is 2.43 bits per heavy atom. The SMILES string of the molecule is O=C(c1ccccc1)N1C[C@@H]2CC[C@H](C1)N(CCCCOc1ccccc1)C2. The molecule has 2 atom stereocenters. The van der Waals surface area contributed by atoms with Crippen molar-refractivity contribution >= 4 is 5.91 Å². The lowest BCUT2D eigenvalue weighted by Crippen LogP contribution is -2.44. The van der Waals surface area contributed by atoms with E-state index < -0.39 is 0 Å². The molecule has 4 nitrogen and oxygen atoms in total. The monoisotopic (exact) mass is 378 g/mol. The van der Waals surface area contributed by atoms with Crippen LogP contribution < -0.4 is 4.74 Å². The van der Waals surface area contributed by atoms with Crippen LogP contribution in [0.2, 0.25) is 0 Å². The molecule has 0 radical (unpaired) electrons. The molecule has 3 aliphatic heterocycles. The number of carbonyl (C=O) groups is 1. The Balaban J connectivity index is 1.26. The van der Waals surface area contributed by atoms with Gasteiger partial charge in [0.1, 0.15) is 5.75 Å². The normalized spacial score (nSPS) is 22.1. The van der Waals surface area contributed by atoms with Crippen LogP contribution in [0.5, 0.6) is 5.75 Å². The second-order valence-corrected chi connectivity index (χ2v) is 8.04. The number of piperidine rings is 1. The lowest BCUT2D eigenvalue weighted by atomic mass is 9.95. The number of carbonyl (C=O) groups excluding carboxylic acids is 1. The van der Waals surface area contributed by atoms with Crippen molar-refractivity contribution < 1.29 is 9.53 Å². The zero-order valence-corrected chi connectivity index (χ0v) is 16.5. The summed E-state index contributed by atoms with van der Waals surface area (Å²) in [5.41, 5.74) is 0.813. The van der Waals surface area contributed by atoms with Gasteiger partial charge in [-0.25, -0.2) is 0 Å². The van der Waals surface area contributed by atoms with Gasteiger partial charge in [-0.2, -0.15) is 0 Å². The van der Waals surface area contributed by atoms with Gasteiger partial charge in [0.15, 0.2) is 0 Å². The molecule has 3 aliphatic rings. The first-order valence-electron chi connectivity index (χ1n) is 10.6. The molecule has 1 amide bonds. The lowest BCUT2D eigenvalue weighted by Gasteiger charge is -2.36. The van der Waals surface area contributed by atoms with Crippen molar-refractivity contribution in [3.63, 3.8) is 0 Å². The van der Waals surface area contributed by atoms with Crippen LogP contribution in [0.25, 0.3) is 0 Å². The number of nitrogens with zero attached hydrogens (tertiary/aromatic N) is 2. The maximum absolute atomic E-state index is 12.9. The maximum atomic E-state index is 12.9. The summed E-state index contributed by atoms with van der Waals surface area (Å²) in [6.45, 7) is 4.77. The summed E-state index contributed by atoms with van der Waals surface area (Å²) in [7, 11) is 0. The Bertz CT molecular complexity index is 750. The minimum Gasteiger partial charge on any atom is -0.494 e. The fourth-order valence-corrected chi connectivity index (χ4v) is 4.51. The Morgan fingerprint density at radius 1 is 0.893 bits per heavy atom. The van der Waals surface area contributed by atoms with Crippen LogP contribution in [0.4, 0.5) is 0 Å². The van der Waals surface area contributed by atoms with E-state index in [1.807, 2.05) is 60.7 Å². The highest BCUT2D eigenvalue weighted by Gasteiger charge is 2.36. The molecular weight excluding hydrogens is 348 g/mol. The number of para-hydroxylation sites is 1. The van der Waals surface area contributed by atoms with E-state index in [-0.39, 0.29) is 5.91 Å². The molecular formula is C24H30N2O2. The molecule has 2 bridgehead atoms. The molecule has 4 heteroatoms. The topological polar surface area (TPSA) is 32.8 Å². The molecule has 3 heterocycles. The summed E-state index contributed by atoms with van der Waals surface area (Å²) in [5.74, 6) is 1.74. The van der Waals surface area contributed by atoms with Crippen molar-refractivity contribution in [2.45, 2.75) is 31.7 Å². The zero-order valence-electron chi connectivity index (χ0n) is 16.5. The number of ether oxygens (including phenoxy) is 1. The van der Waals surface area contributed by atoms with E-state index >= 15 is 0 Å². The molecule has 28 heavy (non-hydrogen) atoms. The fourth-order valence-electron chi connectivity index (χ4n) is 4.51. The Kier molecular flexibility index (Phi) is 6.27. The van der Waals surface area contributed by atoms with Crippen LogP contribution in [0, 0.1) is 5.92 Å². The standard InChI is InChI=1S/C24H30N2O2/c27-24(21-9-3-1-4-10-21)26-18-20-13-14-22(19-26)25(17-20)15-7-8-16-28-23-11-5-2-6-12-23/h1-6,9-12,20,22H,7-8,13-19H2/t20-,22-/m1/s1. The Hall–Kier alpha value is -2.33. The highest BCUT2D eigenvalue weighted by Crippen LogP contribution is 2.29. The third-order valence-electron chi connectivity index (χ3n) is 5.99. The van der Waals surface area contributed by atoms with E-state index in [0.717, 1.165) is 56.9 Å². The molecule has 0 saturated carbocycles. The van der Waals surface area contributed by atoms with Gasteiger partial charge in [0.25, 0.3) is 5.91 Å². The van der Waals surface area contributed by atoms with Crippen LogP contribution in [-0.2, 0) is 0 Å². The van der Waals surface area contributed by atoms with Gasteiger partial charge >= 0.3 is 0 Å². The van der Waals surface area contributed by atoms with Crippen molar-refractivity contribution in [3.8, 4) is 5.75 Å². The number of unbranched alkanes of at least 4 members (excludes halogenated alkanes) is 1. The Labute approximate surface area is 168 Å².